The molecule has 3 N–H and O–H groups in total. The lowest BCUT2D eigenvalue weighted by molar-refractivity contribution is -0.387. The Morgan fingerprint density at radius 3 is 2.68 bits per heavy atom. The van der Waals surface area contributed by atoms with E-state index in [4.69, 9.17) is 5.73 Å². The summed E-state index contributed by atoms with van der Waals surface area (Å²) in [7, 11) is -3.96. The van der Waals surface area contributed by atoms with Crippen LogP contribution in [0, 0.1) is 23.0 Å². The quantitative estimate of drug-likeness (QED) is 0.631. The van der Waals surface area contributed by atoms with Gasteiger partial charge in [0, 0.05) is 12.1 Å². The lowest BCUT2D eigenvalue weighted by atomic mass is 9.85. The van der Waals surface area contributed by atoms with Crippen LogP contribution >= 0.6 is 0 Å². The molecule has 1 fully saturated rings. The number of aryl methyl sites for hydroxylation is 1. The minimum absolute atomic E-state index is 0.0756. The Kier molecular flexibility index (Phi) is 5.15. The molecule has 2 rings (SSSR count). The van der Waals surface area contributed by atoms with Crippen molar-refractivity contribution in [1.82, 2.24) is 4.72 Å². The van der Waals surface area contributed by atoms with Gasteiger partial charge in [-0.25, -0.2) is 13.1 Å². The molecule has 8 heteroatoms. The number of sulfonamides is 1. The van der Waals surface area contributed by atoms with Crippen molar-refractivity contribution >= 4 is 15.7 Å². The van der Waals surface area contributed by atoms with E-state index in [0.29, 0.717) is 18.5 Å². The van der Waals surface area contributed by atoms with Crippen molar-refractivity contribution in [2.75, 3.05) is 6.54 Å². The lowest BCUT2D eigenvalue weighted by Crippen LogP contribution is -2.44. The van der Waals surface area contributed by atoms with Crippen LogP contribution in [0.4, 0.5) is 5.69 Å². The highest BCUT2D eigenvalue weighted by Crippen LogP contribution is 2.29. The van der Waals surface area contributed by atoms with Crippen molar-refractivity contribution in [3.63, 3.8) is 0 Å². The minimum atomic E-state index is -3.96. The molecule has 122 valence electrons. The van der Waals surface area contributed by atoms with Gasteiger partial charge in [-0.2, -0.15) is 0 Å². The first-order chi connectivity index (χ1) is 10.4. The first kappa shape index (κ1) is 16.9. The van der Waals surface area contributed by atoms with E-state index in [-0.39, 0.29) is 16.9 Å². The maximum atomic E-state index is 12.7. The number of nitrogens with one attached hydrogen (secondary N) is 1. The van der Waals surface area contributed by atoms with E-state index in [1.165, 1.54) is 12.1 Å². The SMILES string of the molecule is Cc1cccc([N+](=O)[O-])c1S(=O)(=O)NC1CCCCC1CN. The van der Waals surface area contributed by atoms with Crippen molar-refractivity contribution in [1.29, 1.82) is 0 Å². The molecule has 0 aliphatic heterocycles. The molecule has 0 saturated heterocycles. The minimum Gasteiger partial charge on any atom is -0.330 e. The highest BCUT2D eigenvalue weighted by Gasteiger charge is 2.33. The number of hydrogen-bond donors (Lipinski definition) is 2. The van der Waals surface area contributed by atoms with Crippen LogP contribution in [0.2, 0.25) is 0 Å². The average Bonchev–Trinajstić information content (AvgIpc) is 2.46. The zero-order valence-electron chi connectivity index (χ0n) is 12.5. The number of hydrogen-bond acceptors (Lipinski definition) is 5. The highest BCUT2D eigenvalue weighted by molar-refractivity contribution is 7.89. The van der Waals surface area contributed by atoms with Gasteiger partial charge in [-0.15, -0.1) is 0 Å². The fourth-order valence-corrected chi connectivity index (χ4v) is 4.77. The van der Waals surface area contributed by atoms with Crippen molar-refractivity contribution in [2.45, 2.75) is 43.5 Å². The Bertz CT molecular complexity index is 660. The maximum Gasteiger partial charge on any atom is 0.289 e. The van der Waals surface area contributed by atoms with Gasteiger partial charge in [-0.05, 0) is 37.8 Å². The molecular formula is C14H21N3O4S. The molecule has 1 aromatic rings. The second kappa shape index (κ2) is 6.72. The Morgan fingerprint density at radius 2 is 2.05 bits per heavy atom. The first-order valence-corrected chi connectivity index (χ1v) is 8.81. The number of rotatable bonds is 5. The molecule has 0 spiro atoms. The molecule has 2 atom stereocenters. The first-order valence-electron chi connectivity index (χ1n) is 7.33. The fourth-order valence-electron chi connectivity index (χ4n) is 3.03. The van der Waals surface area contributed by atoms with Crippen molar-refractivity contribution in [3.8, 4) is 0 Å². The zero-order valence-corrected chi connectivity index (χ0v) is 13.3. The van der Waals surface area contributed by atoms with Gasteiger partial charge in [0.1, 0.15) is 0 Å². The number of benzene rings is 1. The second-order valence-corrected chi connectivity index (χ2v) is 7.34. The molecule has 1 saturated carbocycles. The number of nitro benzene ring substituents is 1. The van der Waals surface area contributed by atoms with Crippen LogP contribution in [-0.4, -0.2) is 25.9 Å². The maximum absolute atomic E-state index is 12.7. The molecule has 1 aromatic carbocycles. The summed E-state index contributed by atoms with van der Waals surface area (Å²) >= 11 is 0. The molecule has 0 aromatic heterocycles. The summed E-state index contributed by atoms with van der Waals surface area (Å²) in [5.41, 5.74) is 5.68. The fraction of sp³-hybridized carbons (Fsp3) is 0.571. The Balaban J connectivity index is 2.37. The summed E-state index contributed by atoms with van der Waals surface area (Å²) in [6, 6.07) is 3.99. The molecule has 22 heavy (non-hydrogen) atoms. The molecule has 1 aliphatic rings. The van der Waals surface area contributed by atoms with Gasteiger partial charge in [0.25, 0.3) is 5.69 Å². The topological polar surface area (TPSA) is 115 Å². The van der Waals surface area contributed by atoms with Crippen LogP contribution in [0.1, 0.15) is 31.2 Å². The third kappa shape index (κ3) is 3.45. The summed E-state index contributed by atoms with van der Waals surface area (Å²) < 4.78 is 27.9. The van der Waals surface area contributed by atoms with E-state index in [0.717, 1.165) is 19.3 Å². The molecule has 2 unspecified atom stereocenters. The van der Waals surface area contributed by atoms with Crippen molar-refractivity contribution in [3.05, 3.63) is 33.9 Å². The Labute approximate surface area is 130 Å². The molecule has 0 amide bonds. The third-order valence-corrected chi connectivity index (χ3v) is 5.86. The van der Waals surface area contributed by atoms with Crippen LogP contribution in [0.25, 0.3) is 0 Å². The van der Waals surface area contributed by atoms with Gasteiger partial charge in [0.05, 0.1) is 4.92 Å². The van der Waals surface area contributed by atoms with Crippen LogP contribution in [0.15, 0.2) is 23.1 Å². The van der Waals surface area contributed by atoms with Crippen molar-refractivity contribution in [2.24, 2.45) is 11.7 Å². The molecule has 0 heterocycles. The molecule has 0 radical (unpaired) electrons. The van der Waals surface area contributed by atoms with Gasteiger partial charge in [-0.1, -0.05) is 25.0 Å². The lowest BCUT2D eigenvalue weighted by Gasteiger charge is -2.31. The smallest absolute Gasteiger partial charge is 0.289 e. The number of nitrogens with two attached hydrogens (primary N) is 1. The predicted octanol–water partition coefficient (Wildman–Crippen LogP) is 1.70. The van der Waals surface area contributed by atoms with Gasteiger partial charge in [0.2, 0.25) is 10.0 Å². The summed E-state index contributed by atoms with van der Waals surface area (Å²) in [4.78, 5) is 10.2. The van der Waals surface area contributed by atoms with E-state index >= 15 is 0 Å². The van der Waals surface area contributed by atoms with Gasteiger partial charge < -0.3 is 5.73 Å². The van der Waals surface area contributed by atoms with E-state index in [2.05, 4.69) is 4.72 Å². The highest BCUT2D eigenvalue weighted by atomic mass is 32.2. The van der Waals surface area contributed by atoms with Crippen LogP contribution in [0.5, 0.6) is 0 Å². The van der Waals surface area contributed by atoms with E-state index in [1.807, 2.05) is 0 Å². The molecule has 7 nitrogen and oxygen atoms in total. The Hall–Kier alpha value is -1.51. The summed E-state index contributed by atoms with van der Waals surface area (Å²) in [5, 5.41) is 11.1. The summed E-state index contributed by atoms with van der Waals surface area (Å²) in [5.74, 6) is 0.0756. The molecular weight excluding hydrogens is 306 g/mol. The van der Waals surface area contributed by atoms with Crippen LogP contribution < -0.4 is 10.5 Å². The van der Waals surface area contributed by atoms with Crippen LogP contribution in [0.3, 0.4) is 0 Å². The number of nitrogens with zero attached hydrogens (tertiary/aromatic N) is 1. The predicted molar refractivity (Wildman–Crippen MR) is 83.0 cm³/mol. The zero-order chi connectivity index (χ0) is 16.3. The average molecular weight is 327 g/mol. The normalized spacial score (nSPS) is 22.5. The molecule has 0 bridgehead atoms. The van der Waals surface area contributed by atoms with E-state index in [1.54, 1.807) is 13.0 Å². The number of nitro groups is 1. The second-order valence-electron chi connectivity index (χ2n) is 5.69. The van der Waals surface area contributed by atoms with Gasteiger partial charge in [-0.3, -0.25) is 10.1 Å². The van der Waals surface area contributed by atoms with Gasteiger partial charge in [0.15, 0.2) is 4.90 Å². The van der Waals surface area contributed by atoms with E-state index < -0.39 is 20.6 Å². The summed E-state index contributed by atoms with van der Waals surface area (Å²) in [6.45, 7) is 1.96. The largest absolute Gasteiger partial charge is 0.330 e. The standard InChI is InChI=1S/C14H21N3O4S/c1-10-5-4-8-13(17(18)19)14(10)22(20,21)16-12-7-3-2-6-11(12)9-15/h4-5,8,11-12,16H,2-3,6-7,9,15H2,1H3. The monoisotopic (exact) mass is 327 g/mol. The van der Waals surface area contributed by atoms with Gasteiger partial charge >= 0.3 is 0 Å². The van der Waals surface area contributed by atoms with Crippen molar-refractivity contribution < 1.29 is 13.3 Å². The van der Waals surface area contributed by atoms with E-state index in [9.17, 15) is 18.5 Å². The van der Waals surface area contributed by atoms with Crippen LogP contribution in [-0.2, 0) is 10.0 Å². The summed E-state index contributed by atoms with van der Waals surface area (Å²) in [6.07, 6.45) is 3.55. The Morgan fingerprint density at radius 1 is 1.36 bits per heavy atom. The molecule has 1 aliphatic carbocycles. The third-order valence-electron chi connectivity index (χ3n) is 4.17.